The maximum atomic E-state index is 5.89. The Hall–Kier alpha value is -2.26. The van der Waals surface area contributed by atoms with Gasteiger partial charge in [0.1, 0.15) is 0 Å². The number of aromatic nitrogens is 2. The molecule has 0 unspecified atom stereocenters. The minimum Gasteiger partial charge on any atom is -0.399 e. The first kappa shape index (κ1) is 12.8. The number of nitrogens with zero attached hydrogens (tertiary/aromatic N) is 2. The molecule has 0 saturated heterocycles. The van der Waals surface area contributed by atoms with Gasteiger partial charge in [-0.05, 0) is 35.9 Å². The summed E-state index contributed by atoms with van der Waals surface area (Å²) in [5, 5.41) is 5.30. The number of halogens is 1. The number of hydrogen-bond acceptors (Lipinski definition) is 2. The number of hydrogen-bond donors (Lipinski definition) is 1. The van der Waals surface area contributed by atoms with Gasteiger partial charge in [0.05, 0.1) is 12.2 Å². The first-order valence-electron chi connectivity index (χ1n) is 6.34. The van der Waals surface area contributed by atoms with E-state index in [4.69, 9.17) is 17.3 Å². The molecule has 4 heteroatoms. The van der Waals surface area contributed by atoms with Crippen LogP contribution in [0.1, 0.15) is 5.56 Å². The van der Waals surface area contributed by atoms with Crippen LogP contribution in [0.4, 0.5) is 5.69 Å². The fraction of sp³-hybridized carbons (Fsp3) is 0.0625. The van der Waals surface area contributed by atoms with Gasteiger partial charge in [-0.1, -0.05) is 35.9 Å². The first-order chi connectivity index (χ1) is 9.70. The maximum Gasteiger partial charge on any atom is 0.0923 e. The largest absolute Gasteiger partial charge is 0.399 e. The minimum atomic E-state index is 0.730. The van der Waals surface area contributed by atoms with Crippen molar-refractivity contribution in [2.45, 2.75) is 6.54 Å². The Morgan fingerprint density at radius 3 is 2.35 bits per heavy atom. The van der Waals surface area contributed by atoms with E-state index in [0.29, 0.717) is 0 Å². The number of nitrogen functional groups attached to an aromatic ring is 1. The summed E-state index contributed by atoms with van der Waals surface area (Å²) in [5.74, 6) is 0. The molecule has 0 bridgehead atoms. The SMILES string of the molecule is Nc1ccc(Cn2ccc(-c3ccc(Cl)cc3)n2)cc1. The van der Waals surface area contributed by atoms with Gasteiger partial charge < -0.3 is 5.73 Å². The van der Waals surface area contributed by atoms with E-state index in [1.165, 1.54) is 5.56 Å². The van der Waals surface area contributed by atoms with Crippen LogP contribution in [0.2, 0.25) is 5.02 Å². The second kappa shape index (κ2) is 5.39. The van der Waals surface area contributed by atoms with E-state index in [1.807, 2.05) is 65.5 Å². The van der Waals surface area contributed by atoms with Crippen LogP contribution in [0.25, 0.3) is 11.3 Å². The average molecular weight is 284 g/mol. The van der Waals surface area contributed by atoms with Crippen molar-refractivity contribution in [3.05, 3.63) is 71.4 Å². The smallest absolute Gasteiger partial charge is 0.0923 e. The summed E-state index contributed by atoms with van der Waals surface area (Å²) >= 11 is 5.89. The lowest BCUT2D eigenvalue weighted by molar-refractivity contribution is 0.689. The molecule has 100 valence electrons. The highest BCUT2D eigenvalue weighted by Gasteiger charge is 2.03. The molecule has 2 N–H and O–H groups in total. The highest BCUT2D eigenvalue weighted by Crippen LogP contribution is 2.19. The summed E-state index contributed by atoms with van der Waals surface area (Å²) in [5.41, 5.74) is 9.63. The van der Waals surface area contributed by atoms with Crippen LogP contribution in [-0.4, -0.2) is 9.78 Å². The van der Waals surface area contributed by atoms with Crippen LogP contribution in [0, 0.1) is 0 Å². The van der Waals surface area contributed by atoms with Crippen molar-refractivity contribution in [2.75, 3.05) is 5.73 Å². The van der Waals surface area contributed by atoms with E-state index >= 15 is 0 Å². The highest BCUT2D eigenvalue weighted by molar-refractivity contribution is 6.30. The van der Waals surface area contributed by atoms with Crippen molar-refractivity contribution in [2.24, 2.45) is 0 Å². The van der Waals surface area contributed by atoms with E-state index in [0.717, 1.165) is 28.5 Å². The monoisotopic (exact) mass is 283 g/mol. The van der Waals surface area contributed by atoms with E-state index in [-0.39, 0.29) is 0 Å². The first-order valence-corrected chi connectivity index (χ1v) is 6.72. The summed E-state index contributed by atoms with van der Waals surface area (Å²) < 4.78 is 1.91. The Morgan fingerprint density at radius 2 is 1.65 bits per heavy atom. The van der Waals surface area contributed by atoms with Crippen molar-refractivity contribution in [3.8, 4) is 11.3 Å². The van der Waals surface area contributed by atoms with Crippen LogP contribution in [-0.2, 0) is 6.54 Å². The van der Waals surface area contributed by atoms with Gasteiger partial charge in [0.15, 0.2) is 0 Å². The Kier molecular flexibility index (Phi) is 3.44. The Bertz CT molecular complexity index is 699. The van der Waals surface area contributed by atoms with E-state index < -0.39 is 0 Å². The Morgan fingerprint density at radius 1 is 0.950 bits per heavy atom. The summed E-state index contributed by atoms with van der Waals surface area (Å²) in [7, 11) is 0. The third kappa shape index (κ3) is 2.83. The lowest BCUT2D eigenvalue weighted by atomic mass is 10.2. The molecular formula is C16H14ClN3. The molecule has 0 aliphatic heterocycles. The fourth-order valence-corrected chi connectivity index (χ4v) is 2.16. The average Bonchev–Trinajstić information content (AvgIpc) is 2.91. The molecule has 0 aliphatic carbocycles. The molecule has 1 aromatic heterocycles. The normalized spacial score (nSPS) is 10.7. The second-order valence-electron chi connectivity index (χ2n) is 4.65. The zero-order valence-electron chi connectivity index (χ0n) is 10.8. The van der Waals surface area contributed by atoms with Crippen LogP contribution in [0.3, 0.4) is 0 Å². The minimum absolute atomic E-state index is 0.730. The number of rotatable bonds is 3. The van der Waals surface area contributed by atoms with Crippen molar-refractivity contribution >= 4 is 17.3 Å². The molecule has 0 radical (unpaired) electrons. The van der Waals surface area contributed by atoms with Gasteiger partial charge >= 0.3 is 0 Å². The van der Waals surface area contributed by atoms with Crippen LogP contribution < -0.4 is 5.73 Å². The van der Waals surface area contributed by atoms with Gasteiger partial charge in [-0.3, -0.25) is 4.68 Å². The number of nitrogens with two attached hydrogens (primary N) is 1. The molecule has 3 aromatic rings. The predicted octanol–water partition coefficient (Wildman–Crippen LogP) is 3.83. The predicted molar refractivity (Wildman–Crippen MR) is 82.6 cm³/mol. The third-order valence-corrected chi connectivity index (χ3v) is 3.36. The van der Waals surface area contributed by atoms with Crippen molar-refractivity contribution in [3.63, 3.8) is 0 Å². The molecule has 2 aromatic carbocycles. The molecule has 3 nitrogen and oxygen atoms in total. The molecule has 0 fully saturated rings. The van der Waals surface area contributed by atoms with Gasteiger partial charge in [-0.2, -0.15) is 5.10 Å². The third-order valence-electron chi connectivity index (χ3n) is 3.10. The van der Waals surface area contributed by atoms with Crippen molar-refractivity contribution in [1.29, 1.82) is 0 Å². The van der Waals surface area contributed by atoms with Gasteiger partial charge in [0, 0.05) is 22.5 Å². The molecule has 1 heterocycles. The fourth-order valence-electron chi connectivity index (χ4n) is 2.03. The zero-order chi connectivity index (χ0) is 13.9. The second-order valence-corrected chi connectivity index (χ2v) is 5.08. The van der Waals surface area contributed by atoms with Gasteiger partial charge in [-0.25, -0.2) is 0 Å². The van der Waals surface area contributed by atoms with Crippen molar-refractivity contribution in [1.82, 2.24) is 9.78 Å². The molecule has 0 spiro atoms. The van der Waals surface area contributed by atoms with Crippen LogP contribution >= 0.6 is 11.6 Å². The van der Waals surface area contributed by atoms with Gasteiger partial charge in [0.25, 0.3) is 0 Å². The number of anilines is 1. The molecule has 0 saturated carbocycles. The lowest BCUT2D eigenvalue weighted by Crippen LogP contribution is -2.00. The molecule has 0 amide bonds. The molecule has 20 heavy (non-hydrogen) atoms. The highest BCUT2D eigenvalue weighted by atomic mass is 35.5. The number of benzene rings is 2. The van der Waals surface area contributed by atoms with Gasteiger partial charge in [-0.15, -0.1) is 0 Å². The lowest BCUT2D eigenvalue weighted by Gasteiger charge is -2.02. The quantitative estimate of drug-likeness (QED) is 0.742. The molecule has 3 rings (SSSR count). The topological polar surface area (TPSA) is 43.8 Å². The summed E-state index contributed by atoms with van der Waals surface area (Å²) in [6.07, 6.45) is 1.97. The zero-order valence-corrected chi connectivity index (χ0v) is 11.6. The summed E-state index contributed by atoms with van der Waals surface area (Å²) in [6, 6.07) is 17.5. The Labute approximate surface area is 122 Å². The van der Waals surface area contributed by atoms with E-state index in [9.17, 15) is 0 Å². The maximum absolute atomic E-state index is 5.89. The van der Waals surface area contributed by atoms with Crippen molar-refractivity contribution < 1.29 is 0 Å². The standard InChI is InChI=1S/C16H14ClN3/c17-14-5-3-13(4-6-14)16-9-10-20(19-16)11-12-1-7-15(18)8-2-12/h1-10H,11,18H2. The van der Waals surface area contributed by atoms with Crippen LogP contribution in [0.5, 0.6) is 0 Å². The van der Waals surface area contributed by atoms with E-state index in [1.54, 1.807) is 0 Å². The van der Waals surface area contributed by atoms with E-state index in [2.05, 4.69) is 5.10 Å². The van der Waals surface area contributed by atoms with Gasteiger partial charge in [0.2, 0.25) is 0 Å². The summed E-state index contributed by atoms with van der Waals surface area (Å²) in [4.78, 5) is 0. The molecule has 0 atom stereocenters. The summed E-state index contributed by atoms with van der Waals surface area (Å²) in [6.45, 7) is 0.730. The van der Waals surface area contributed by atoms with Crippen LogP contribution in [0.15, 0.2) is 60.8 Å². The Balaban J connectivity index is 1.80. The molecule has 0 aliphatic rings. The molecular weight excluding hydrogens is 270 g/mol.